The van der Waals surface area contributed by atoms with Gasteiger partial charge in [-0.15, -0.1) is 23.2 Å². The average Bonchev–Trinajstić information content (AvgIpc) is 2.04. The minimum atomic E-state index is -2.01. The van der Waals surface area contributed by atoms with Crippen LogP contribution in [0.1, 0.15) is 0 Å². The predicted octanol–water partition coefficient (Wildman–Crippen LogP) is 2.20. The van der Waals surface area contributed by atoms with Gasteiger partial charge in [0.05, 0.1) is 0 Å². The highest BCUT2D eigenvalue weighted by Gasteiger charge is 2.33. The summed E-state index contributed by atoms with van der Waals surface area (Å²) in [4.78, 5) is 0. The second-order valence-corrected chi connectivity index (χ2v) is 6.59. The van der Waals surface area contributed by atoms with Crippen molar-refractivity contribution in [2.45, 2.75) is 12.1 Å². The Hall–Kier alpha value is 0.717. The van der Waals surface area contributed by atoms with Gasteiger partial charge in [-0.1, -0.05) is 0 Å². The van der Waals surface area contributed by atoms with Gasteiger partial charge in [0.15, 0.2) is 0 Å². The molecule has 68 valence electrons. The van der Waals surface area contributed by atoms with Crippen LogP contribution in [0.2, 0.25) is 12.1 Å². The molecule has 0 aromatic carbocycles. The van der Waals surface area contributed by atoms with Gasteiger partial charge in [0.2, 0.25) is 0 Å². The van der Waals surface area contributed by atoms with Crippen LogP contribution in [0.25, 0.3) is 0 Å². The molecule has 0 aliphatic rings. The van der Waals surface area contributed by atoms with Crippen LogP contribution in [-0.4, -0.2) is 34.5 Å². The number of hydrogen-bond acceptors (Lipinski definition) is 2. The van der Waals surface area contributed by atoms with E-state index in [2.05, 4.69) is 0 Å². The molecule has 0 unspecified atom stereocenters. The summed E-state index contributed by atoms with van der Waals surface area (Å²) in [6.45, 7) is 0. The molecule has 0 atom stereocenters. The molecule has 0 aliphatic heterocycles. The Balaban J connectivity index is 3.96. The van der Waals surface area contributed by atoms with E-state index in [1.807, 2.05) is 0 Å². The van der Waals surface area contributed by atoms with Gasteiger partial charge in [-0.2, -0.15) is 0 Å². The molecule has 0 aliphatic carbocycles. The molecule has 11 heavy (non-hydrogen) atoms. The first-order chi connectivity index (χ1) is 5.24. The number of alkyl halides is 2. The highest BCUT2D eigenvalue weighted by Crippen LogP contribution is 2.18. The molecule has 0 bridgehead atoms. The number of rotatable bonds is 6. The molecule has 0 N–H and O–H groups in total. The van der Waals surface area contributed by atoms with Crippen molar-refractivity contribution in [3.63, 3.8) is 0 Å². The van der Waals surface area contributed by atoms with Crippen LogP contribution in [0.5, 0.6) is 0 Å². The summed E-state index contributed by atoms with van der Waals surface area (Å²) in [5.41, 5.74) is 0. The summed E-state index contributed by atoms with van der Waals surface area (Å²) in [5.74, 6) is 1.15. The zero-order valence-corrected chi connectivity index (χ0v) is 9.41. The van der Waals surface area contributed by atoms with Crippen LogP contribution in [-0.2, 0) is 8.85 Å². The van der Waals surface area contributed by atoms with Crippen molar-refractivity contribution >= 4 is 31.8 Å². The van der Waals surface area contributed by atoms with E-state index in [4.69, 9.17) is 32.1 Å². The summed E-state index contributed by atoms with van der Waals surface area (Å²) in [5, 5.41) is 0. The highest BCUT2D eigenvalue weighted by atomic mass is 35.5. The summed E-state index contributed by atoms with van der Waals surface area (Å²) in [7, 11) is 1.32. The normalized spacial score (nSPS) is 12.0. The minimum absolute atomic E-state index is 0.574. The fourth-order valence-corrected chi connectivity index (χ4v) is 4.44. The molecule has 0 aromatic rings. The zero-order chi connectivity index (χ0) is 8.74. The summed E-state index contributed by atoms with van der Waals surface area (Å²) >= 11 is 11.2. The molecule has 0 radical (unpaired) electrons. The standard InChI is InChI=1S/C6H14Cl2O2Si/c1-9-11(10-2,5-3-7)6-4-8/h3-6H2,1-2H3. The first kappa shape index (κ1) is 11.7. The van der Waals surface area contributed by atoms with Crippen molar-refractivity contribution in [3.05, 3.63) is 0 Å². The molecular formula is C6H14Cl2O2Si. The fraction of sp³-hybridized carbons (Fsp3) is 1.00. The van der Waals surface area contributed by atoms with Crippen LogP contribution in [0.15, 0.2) is 0 Å². The van der Waals surface area contributed by atoms with Gasteiger partial charge in [-0.25, -0.2) is 0 Å². The van der Waals surface area contributed by atoms with Gasteiger partial charge < -0.3 is 8.85 Å². The Morgan fingerprint density at radius 2 is 1.36 bits per heavy atom. The Morgan fingerprint density at radius 1 is 1.00 bits per heavy atom. The molecule has 0 saturated heterocycles. The maximum Gasteiger partial charge on any atom is 0.340 e. The Labute approximate surface area is 79.0 Å². The maximum absolute atomic E-state index is 5.61. The lowest BCUT2D eigenvalue weighted by Crippen LogP contribution is -2.40. The van der Waals surface area contributed by atoms with Gasteiger partial charge in [0.25, 0.3) is 0 Å². The zero-order valence-electron chi connectivity index (χ0n) is 6.90. The molecule has 2 nitrogen and oxygen atoms in total. The second-order valence-electron chi connectivity index (χ2n) is 2.20. The smallest absolute Gasteiger partial charge is 0.340 e. The molecule has 0 spiro atoms. The molecule has 0 heterocycles. The number of hydrogen-bond donors (Lipinski definition) is 0. The lowest BCUT2D eigenvalue weighted by Gasteiger charge is -2.25. The van der Waals surface area contributed by atoms with Crippen molar-refractivity contribution in [2.24, 2.45) is 0 Å². The molecule has 0 amide bonds. The predicted molar refractivity (Wildman–Crippen MR) is 50.8 cm³/mol. The van der Waals surface area contributed by atoms with Gasteiger partial charge in [-0.3, -0.25) is 0 Å². The monoisotopic (exact) mass is 216 g/mol. The lowest BCUT2D eigenvalue weighted by atomic mass is 10.9. The summed E-state index contributed by atoms with van der Waals surface area (Å²) in [6, 6.07) is 1.60. The Morgan fingerprint density at radius 3 is 1.55 bits per heavy atom. The minimum Gasteiger partial charge on any atom is -0.398 e. The van der Waals surface area contributed by atoms with Gasteiger partial charge in [0.1, 0.15) is 0 Å². The SMILES string of the molecule is CO[Si](CCCl)(CCCl)OC. The van der Waals surface area contributed by atoms with Crippen molar-refractivity contribution in [1.82, 2.24) is 0 Å². The van der Waals surface area contributed by atoms with Gasteiger partial charge in [0, 0.05) is 38.1 Å². The molecular weight excluding hydrogens is 203 g/mol. The van der Waals surface area contributed by atoms with E-state index in [-0.39, 0.29) is 0 Å². The number of halogens is 2. The summed E-state index contributed by atoms with van der Waals surface area (Å²) < 4.78 is 10.6. The fourth-order valence-electron chi connectivity index (χ4n) is 0.905. The van der Waals surface area contributed by atoms with Crippen LogP contribution >= 0.6 is 23.2 Å². The molecule has 5 heteroatoms. The lowest BCUT2D eigenvalue weighted by molar-refractivity contribution is 0.245. The van der Waals surface area contributed by atoms with Crippen molar-refractivity contribution in [2.75, 3.05) is 26.0 Å². The third kappa shape index (κ3) is 3.76. The first-order valence-electron chi connectivity index (χ1n) is 3.47. The maximum atomic E-state index is 5.61. The van der Waals surface area contributed by atoms with Crippen LogP contribution in [0, 0.1) is 0 Å². The highest BCUT2D eigenvalue weighted by molar-refractivity contribution is 6.68. The van der Waals surface area contributed by atoms with Gasteiger partial charge >= 0.3 is 8.56 Å². The first-order valence-corrected chi connectivity index (χ1v) is 6.77. The van der Waals surface area contributed by atoms with Crippen molar-refractivity contribution in [3.8, 4) is 0 Å². The Kier molecular flexibility index (Phi) is 6.66. The molecule has 0 rings (SSSR count). The van der Waals surface area contributed by atoms with E-state index in [9.17, 15) is 0 Å². The van der Waals surface area contributed by atoms with Crippen LogP contribution in [0.3, 0.4) is 0 Å². The van der Waals surface area contributed by atoms with Crippen molar-refractivity contribution < 1.29 is 8.85 Å². The average molecular weight is 217 g/mol. The third-order valence-electron chi connectivity index (χ3n) is 1.69. The Bertz CT molecular complexity index is 90.6. The van der Waals surface area contributed by atoms with E-state index >= 15 is 0 Å². The molecule has 0 aromatic heterocycles. The van der Waals surface area contributed by atoms with Crippen LogP contribution < -0.4 is 0 Å². The largest absolute Gasteiger partial charge is 0.398 e. The quantitative estimate of drug-likeness (QED) is 0.501. The van der Waals surface area contributed by atoms with E-state index in [0.29, 0.717) is 11.8 Å². The van der Waals surface area contributed by atoms with Gasteiger partial charge in [-0.05, 0) is 0 Å². The van der Waals surface area contributed by atoms with E-state index < -0.39 is 8.56 Å². The van der Waals surface area contributed by atoms with Crippen LogP contribution in [0.4, 0.5) is 0 Å². The van der Waals surface area contributed by atoms with Crippen molar-refractivity contribution in [1.29, 1.82) is 0 Å². The molecule has 0 fully saturated rings. The third-order valence-corrected chi connectivity index (χ3v) is 6.22. The topological polar surface area (TPSA) is 18.5 Å². The summed E-state index contributed by atoms with van der Waals surface area (Å²) in [6.07, 6.45) is 0. The molecule has 0 saturated carbocycles. The van der Waals surface area contributed by atoms with E-state index in [1.165, 1.54) is 0 Å². The van der Waals surface area contributed by atoms with E-state index in [0.717, 1.165) is 12.1 Å². The van der Waals surface area contributed by atoms with E-state index in [1.54, 1.807) is 14.2 Å². The second kappa shape index (κ2) is 6.26.